The van der Waals surface area contributed by atoms with E-state index in [4.69, 9.17) is 9.84 Å². The lowest BCUT2D eigenvalue weighted by Gasteiger charge is -2.31. The zero-order valence-electron chi connectivity index (χ0n) is 14.7. The summed E-state index contributed by atoms with van der Waals surface area (Å²) in [4.78, 5) is 23.3. The molecule has 1 aromatic carbocycles. The zero-order chi connectivity index (χ0) is 19.7. The average molecular weight is 385 g/mol. The van der Waals surface area contributed by atoms with Gasteiger partial charge in [0.15, 0.2) is 6.10 Å². The van der Waals surface area contributed by atoms with Gasteiger partial charge in [-0.3, -0.25) is 4.79 Å². The van der Waals surface area contributed by atoms with Crippen molar-refractivity contribution in [1.82, 2.24) is 5.32 Å². The molecule has 1 saturated heterocycles. The molecule has 148 valence electrons. The summed E-state index contributed by atoms with van der Waals surface area (Å²) in [7, 11) is 0. The maximum Gasteiger partial charge on any atom is 0.416 e. The van der Waals surface area contributed by atoms with Crippen LogP contribution in [0.4, 0.5) is 13.2 Å². The molecule has 8 heteroatoms. The summed E-state index contributed by atoms with van der Waals surface area (Å²) in [5, 5.41) is 11.7. The molecule has 2 atom stereocenters. The third kappa shape index (κ3) is 4.26. The first kappa shape index (κ1) is 19.7. The van der Waals surface area contributed by atoms with Gasteiger partial charge in [-0.1, -0.05) is 31.0 Å². The van der Waals surface area contributed by atoms with Gasteiger partial charge in [0.2, 0.25) is 5.91 Å². The largest absolute Gasteiger partial charge is 0.479 e. The van der Waals surface area contributed by atoms with Crippen molar-refractivity contribution >= 4 is 11.9 Å². The van der Waals surface area contributed by atoms with Crippen molar-refractivity contribution in [3.63, 3.8) is 0 Å². The van der Waals surface area contributed by atoms with E-state index in [1.54, 1.807) is 6.07 Å². The van der Waals surface area contributed by atoms with Crippen molar-refractivity contribution in [3.8, 4) is 0 Å². The van der Waals surface area contributed by atoms with Crippen molar-refractivity contribution in [3.05, 3.63) is 35.4 Å². The summed E-state index contributed by atoms with van der Waals surface area (Å²) in [6.45, 7) is 0.213. The van der Waals surface area contributed by atoms with E-state index >= 15 is 0 Å². The summed E-state index contributed by atoms with van der Waals surface area (Å²) >= 11 is 0. The molecule has 0 radical (unpaired) electrons. The standard InChI is InChI=1S/C19H22F3NO4/c20-19(21,22)13-5-3-4-12(10-13)18(8-1-2-9-18)11-23-16(24)14-6-7-15(27-14)17(25)26/h3-5,10,14-15H,1-2,6-9,11H2,(H,23,24)(H,25,26)/t14-,15+/m0/s1. The Hall–Kier alpha value is -2.09. The Bertz CT molecular complexity index is 713. The molecular weight excluding hydrogens is 363 g/mol. The van der Waals surface area contributed by atoms with Crippen LogP contribution in [0.5, 0.6) is 0 Å². The van der Waals surface area contributed by atoms with Crippen LogP contribution in [0.25, 0.3) is 0 Å². The number of rotatable bonds is 5. The average Bonchev–Trinajstić information content (AvgIpc) is 3.29. The highest BCUT2D eigenvalue weighted by Crippen LogP contribution is 2.42. The van der Waals surface area contributed by atoms with Gasteiger partial charge < -0.3 is 15.2 Å². The molecule has 1 heterocycles. The monoisotopic (exact) mass is 385 g/mol. The Morgan fingerprint density at radius 2 is 1.85 bits per heavy atom. The lowest BCUT2D eigenvalue weighted by atomic mass is 9.78. The number of hydrogen-bond donors (Lipinski definition) is 2. The van der Waals surface area contributed by atoms with Gasteiger partial charge >= 0.3 is 12.1 Å². The number of nitrogens with one attached hydrogen (secondary N) is 1. The summed E-state index contributed by atoms with van der Waals surface area (Å²) in [6, 6.07) is 5.30. The van der Waals surface area contributed by atoms with Gasteiger partial charge in [-0.2, -0.15) is 13.2 Å². The molecule has 2 fully saturated rings. The van der Waals surface area contributed by atoms with Crippen LogP contribution in [-0.2, 0) is 25.9 Å². The Labute approximate surface area is 154 Å². The molecule has 1 amide bonds. The van der Waals surface area contributed by atoms with Crippen molar-refractivity contribution in [2.45, 2.75) is 62.3 Å². The van der Waals surface area contributed by atoms with Crippen LogP contribution in [0.1, 0.15) is 49.7 Å². The fraction of sp³-hybridized carbons (Fsp3) is 0.579. The van der Waals surface area contributed by atoms with Crippen molar-refractivity contribution < 1.29 is 32.6 Å². The molecule has 1 aliphatic heterocycles. The topological polar surface area (TPSA) is 75.6 Å². The number of carboxylic acid groups (broad SMARTS) is 1. The molecule has 0 bridgehead atoms. The van der Waals surface area contributed by atoms with E-state index in [1.807, 2.05) is 0 Å². The lowest BCUT2D eigenvalue weighted by molar-refractivity contribution is -0.151. The highest BCUT2D eigenvalue weighted by molar-refractivity contribution is 5.82. The van der Waals surface area contributed by atoms with E-state index in [2.05, 4.69) is 5.32 Å². The van der Waals surface area contributed by atoms with Gasteiger partial charge in [-0.15, -0.1) is 0 Å². The fourth-order valence-electron chi connectivity index (χ4n) is 4.03. The first-order valence-electron chi connectivity index (χ1n) is 9.05. The van der Waals surface area contributed by atoms with Gasteiger partial charge in [-0.05, 0) is 37.3 Å². The van der Waals surface area contributed by atoms with E-state index in [9.17, 15) is 22.8 Å². The van der Waals surface area contributed by atoms with E-state index in [-0.39, 0.29) is 13.0 Å². The van der Waals surface area contributed by atoms with Gasteiger partial charge in [-0.25, -0.2) is 4.79 Å². The molecule has 1 aromatic rings. The molecule has 1 saturated carbocycles. The van der Waals surface area contributed by atoms with Crippen LogP contribution in [0, 0.1) is 0 Å². The van der Waals surface area contributed by atoms with E-state index in [0.29, 0.717) is 24.8 Å². The number of carbonyl (C=O) groups excluding carboxylic acids is 1. The SMILES string of the molecule is O=C(NCC1(c2cccc(C(F)(F)F)c2)CCCC1)[C@@H]1CC[C@H](C(=O)O)O1. The van der Waals surface area contributed by atoms with Crippen molar-refractivity contribution in [2.75, 3.05) is 6.54 Å². The van der Waals surface area contributed by atoms with Gasteiger partial charge in [0.25, 0.3) is 0 Å². The molecule has 0 unspecified atom stereocenters. The molecule has 0 spiro atoms. The predicted octanol–water partition coefficient (Wildman–Crippen LogP) is 3.27. The number of aliphatic carboxylic acids is 1. The van der Waals surface area contributed by atoms with Crippen LogP contribution < -0.4 is 5.32 Å². The number of alkyl halides is 3. The van der Waals surface area contributed by atoms with Crippen LogP contribution in [0.2, 0.25) is 0 Å². The lowest BCUT2D eigenvalue weighted by Crippen LogP contribution is -2.43. The van der Waals surface area contributed by atoms with Gasteiger partial charge in [0, 0.05) is 12.0 Å². The molecule has 2 aliphatic rings. The third-order valence-corrected chi connectivity index (χ3v) is 5.55. The molecule has 5 nitrogen and oxygen atoms in total. The van der Waals surface area contributed by atoms with Crippen molar-refractivity contribution in [2.24, 2.45) is 0 Å². The Kier molecular flexibility index (Phi) is 5.46. The second kappa shape index (κ2) is 7.50. The molecular formula is C19H22F3NO4. The Balaban J connectivity index is 1.71. The number of ether oxygens (including phenoxy) is 1. The molecule has 1 aliphatic carbocycles. The van der Waals surface area contributed by atoms with Crippen LogP contribution >= 0.6 is 0 Å². The Morgan fingerprint density at radius 1 is 1.19 bits per heavy atom. The summed E-state index contributed by atoms with van der Waals surface area (Å²) in [5.41, 5.74) is -0.659. The minimum Gasteiger partial charge on any atom is -0.479 e. The van der Waals surface area contributed by atoms with Gasteiger partial charge in [0.1, 0.15) is 6.10 Å². The molecule has 0 aromatic heterocycles. The number of benzene rings is 1. The maximum atomic E-state index is 13.1. The minimum absolute atomic E-state index is 0.213. The van der Waals surface area contributed by atoms with Gasteiger partial charge in [0.05, 0.1) is 5.56 Å². The maximum absolute atomic E-state index is 13.1. The minimum atomic E-state index is -4.41. The first-order valence-corrected chi connectivity index (χ1v) is 9.05. The van der Waals surface area contributed by atoms with Crippen LogP contribution in [0.15, 0.2) is 24.3 Å². The molecule has 2 N–H and O–H groups in total. The molecule has 3 rings (SSSR count). The number of amides is 1. The summed E-state index contributed by atoms with van der Waals surface area (Å²) < 4.78 is 44.4. The third-order valence-electron chi connectivity index (χ3n) is 5.55. The molecule has 27 heavy (non-hydrogen) atoms. The number of carbonyl (C=O) groups is 2. The summed E-state index contributed by atoms with van der Waals surface area (Å²) in [5.74, 6) is -1.50. The van der Waals surface area contributed by atoms with E-state index < -0.39 is 41.2 Å². The van der Waals surface area contributed by atoms with E-state index in [1.165, 1.54) is 12.1 Å². The highest BCUT2D eigenvalue weighted by Gasteiger charge is 2.40. The second-order valence-electron chi connectivity index (χ2n) is 7.31. The normalized spacial score (nSPS) is 24.7. The van der Waals surface area contributed by atoms with Crippen LogP contribution in [-0.4, -0.2) is 35.7 Å². The number of halogens is 3. The van der Waals surface area contributed by atoms with E-state index in [0.717, 1.165) is 18.9 Å². The summed E-state index contributed by atoms with van der Waals surface area (Å²) in [6.07, 6.45) is -2.49. The number of carboxylic acids is 1. The Morgan fingerprint density at radius 3 is 2.44 bits per heavy atom. The highest BCUT2D eigenvalue weighted by atomic mass is 19.4. The first-order chi connectivity index (χ1) is 12.7. The predicted molar refractivity (Wildman–Crippen MR) is 90.1 cm³/mol. The second-order valence-corrected chi connectivity index (χ2v) is 7.31. The van der Waals surface area contributed by atoms with Crippen molar-refractivity contribution in [1.29, 1.82) is 0 Å². The smallest absolute Gasteiger partial charge is 0.416 e. The quantitative estimate of drug-likeness (QED) is 0.816. The zero-order valence-corrected chi connectivity index (χ0v) is 14.7. The number of hydrogen-bond acceptors (Lipinski definition) is 3. The fourth-order valence-corrected chi connectivity index (χ4v) is 4.03. The van der Waals surface area contributed by atoms with Crippen LogP contribution in [0.3, 0.4) is 0 Å².